The van der Waals surface area contributed by atoms with Gasteiger partial charge in [-0.2, -0.15) is 5.26 Å². The second-order valence-corrected chi connectivity index (χ2v) is 5.35. The molecule has 2 nitrogen and oxygen atoms in total. The van der Waals surface area contributed by atoms with E-state index in [2.05, 4.69) is 38.8 Å². The van der Waals surface area contributed by atoms with Gasteiger partial charge in [-0.15, -0.1) is 0 Å². The van der Waals surface area contributed by atoms with Crippen LogP contribution in [0.1, 0.15) is 38.3 Å². The van der Waals surface area contributed by atoms with Crippen LogP contribution in [0.15, 0.2) is 18.2 Å². The summed E-state index contributed by atoms with van der Waals surface area (Å²) in [5, 5.41) is 9.45. The molecule has 0 aliphatic rings. The van der Waals surface area contributed by atoms with Crippen LogP contribution in [0.2, 0.25) is 5.02 Å². The molecule has 92 valence electrons. The first-order valence-electron chi connectivity index (χ1n) is 5.80. The molecule has 0 heterocycles. The lowest BCUT2D eigenvalue weighted by molar-refractivity contribution is 0.143. The van der Waals surface area contributed by atoms with E-state index in [1.165, 1.54) is 0 Å². The van der Waals surface area contributed by atoms with Gasteiger partial charge in [-0.3, -0.25) is 4.90 Å². The quantitative estimate of drug-likeness (QED) is 0.812. The second kappa shape index (κ2) is 5.53. The smallest absolute Gasteiger partial charge is 0.0992 e. The molecular formula is C14H19ClN2. The number of hydrogen-bond acceptors (Lipinski definition) is 2. The topological polar surface area (TPSA) is 27.0 Å². The van der Waals surface area contributed by atoms with Crippen molar-refractivity contribution in [2.45, 2.75) is 39.3 Å². The lowest BCUT2D eigenvalue weighted by Gasteiger charge is -2.35. The standard InChI is InChI=1S/C14H19ClN2/c1-5-14(2,3)17(4)10-12-7-6-11(9-16)8-13(12)15/h6-8H,5,10H2,1-4H3. The maximum absolute atomic E-state index is 8.78. The van der Waals surface area contributed by atoms with Gasteiger partial charge in [0.05, 0.1) is 11.6 Å². The van der Waals surface area contributed by atoms with Crippen LogP contribution >= 0.6 is 11.6 Å². The van der Waals surface area contributed by atoms with Crippen molar-refractivity contribution in [1.29, 1.82) is 5.26 Å². The van der Waals surface area contributed by atoms with Gasteiger partial charge in [-0.1, -0.05) is 24.6 Å². The monoisotopic (exact) mass is 250 g/mol. The van der Waals surface area contributed by atoms with Crippen molar-refractivity contribution in [3.05, 3.63) is 34.3 Å². The Kier molecular flexibility index (Phi) is 4.56. The minimum Gasteiger partial charge on any atom is -0.297 e. The summed E-state index contributed by atoms with van der Waals surface area (Å²) in [6.07, 6.45) is 1.08. The molecule has 0 radical (unpaired) electrons. The molecule has 0 N–H and O–H groups in total. The summed E-state index contributed by atoms with van der Waals surface area (Å²) in [7, 11) is 2.10. The first-order valence-corrected chi connectivity index (χ1v) is 6.18. The van der Waals surface area contributed by atoms with Gasteiger partial charge >= 0.3 is 0 Å². The normalized spacial score (nSPS) is 11.6. The molecule has 1 aromatic rings. The van der Waals surface area contributed by atoms with E-state index in [1.807, 2.05) is 12.1 Å². The second-order valence-electron chi connectivity index (χ2n) is 4.94. The molecule has 0 saturated heterocycles. The molecule has 0 bridgehead atoms. The van der Waals surface area contributed by atoms with Crippen LogP contribution in [0, 0.1) is 11.3 Å². The molecule has 0 aromatic heterocycles. The molecule has 0 spiro atoms. The maximum Gasteiger partial charge on any atom is 0.0992 e. The largest absolute Gasteiger partial charge is 0.297 e. The van der Waals surface area contributed by atoms with E-state index in [4.69, 9.17) is 16.9 Å². The van der Waals surface area contributed by atoms with E-state index in [1.54, 1.807) is 6.07 Å². The van der Waals surface area contributed by atoms with Crippen molar-refractivity contribution in [2.75, 3.05) is 7.05 Å². The summed E-state index contributed by atoms with van der Waals surface area (Å²) in [5.74, 6) is 0. The van der Waals surface area contributed by atoms with Gasteiger partial charge in [0.25, 0.3) is 0 Å². The highest BCUT2D eigenvalue weighted by atomic mass is 35.5. The molecule has 17 heavy (non-hydrogen) atoms. The molecule has 0 saturated carbocycles. The minimum atomic E-state index is 0.150. The SMILES string of the molecule is CCC(C)(C)N(C)Cc1ccc(C#N)cc1Cl. The number of nitriles is 1. The van der Waals surface area contributed by atoms with Crippen LogP contribution in [-0.4, -0.2) is 17.5 Å². The molecule has 0 atom stereocenters. The average molecular weight is 251 g/mol. The van der Waals surface area contributed by atoms with Crippen molar-refractivity contribution in [3.8, 4) is 6.07 Å². The zero-order valence-corrected chi connectivity index (χ0v) is 11.7. The number of benzene rings is 1. The number of rotatable bonds is 4. The predicted molar refractivity (Wildman–Crippen MR) is 72.0 cm³/mol. The Hall–Kier alpha value is -1.04. The summed E-state index contributed by atoms with van der Waals surface area (Å²) in [5.41, 5.74) is 1.82. The zero-order chi connectivity index (χ0) is 13.1. The Labute approximate surface area is 109 Å². The maximum atomic E-state index is 8.78. The van der Waals surface area contributed by atoms with E-state index in [0.29, 0.717) is 10.6 Å². The Balaban J connectivity index is 2.86. The minimum absolute atomic E-state index is 0.150. The summed E-state index contributed by atoms with van der Waals surface area (Å²) < 4.78 is 0. The first kappa shape index (κ1) is 14.0. The lowest BCUT2D eigenvalue weighted by atomic mass is 9.99. The fraction of sp³-hybridized carbons (Fsp3) is 0.500. The van der Waals surface area contributed by atoms with Crippen LogP contribution < -0.4 is 0 Å². The van der Waals surface area contributed by atoms with Crippen LogP contribution in [0.25, 0.3) is 0 Å². The highest BCUT2D eigenvalue weighted by Crippen LogP contribution is 2.23. The van der Waals surface area contributed by atoms with E-state index >= 15 is 0 Å². The fourth-order valence-electron chi connectivity index (χ4n) is 1.48. The molecule has 0 unspecified atom stereocenters. The number of hydrogen-bond donors (Lipinski definition) is 0. The Morgan fingerprint density at radius 3 is 2.53 bits per heavy atom. The number of halogens is 1. The predicted octanol–water partition coefficient (Wildman–Crippen LogP) is 3.83. The molecule has 0 amide bonds. The van der Waals surface area contributed by atoms with Gasteiger partial charge in [0, 0.05) is 17.1 Å². The Morgan fingerprint density at radius 1 is 1.41 bits per heavy atom. The molecule has 0 aliphatic heterocycles. The van der Waals surface area contributed by atoms with Gasteiger partial charge in [-0.05, 0) is 45.0 Å². The lowest BCUT2D eigenvalue weighted by Crippen LogP contribution is -2.39. The van der Waals surface area contributed by atoms with Crippen molar-refractivity contribution in [3.63, 3.8) is 0 Å². The highest BCUT2D eigenvalue weighted by Gasteiger charge is 2.21. The van der Waals surface area contributed by atoms with E-state index in [9.17, 15) is 0 Å². The van der Waals surface area contributed by atoms with Gasteiger partial charge in [0.2, 0.25) is 0 Å². The van der Waals surface area contributed by atoms with E-state index < -0.39 is 0 Å². The van der Waals surface area contributed by atoms with Crippen molar-refractivity contribution < 1.29 is 0 Å². The summed E-state index contributed by atoms with van der Waals surface area (Å²) in [6.45, 7) is 7.40. The van der Waals surface area contributed by atoms with Crippen LogP contribution in [0.4, 0.5) is 0 Å². The van der Waals surface area contributed by atoms with E-state index in [0.717, 1.165) is 18.5 Å². The van der Waals surface area contributed by atoms with Gasteiger partial charge in [0.1, 0.15) is 0 Å². The zero-order valence-electron chi connectivity index (χ0n) is 10.9. The van der Waals surface area contributed by atoms with Crippen LogP contribution in [-0.2, 0) is 6.54 Å². The highest BCUT2D eigenvalue weighted by molar-refractivity contribution is 6.31. The van der Waals surface area contributed by atoms with Crippen LogP contribution in [0.3, 0.4) is 0 Å². The molecular weight excluding hydrogens is 232 g/mol. The Bertz CT molecular complexity index is 432. The Morgan fingerprint density at radius 2 is 2.06 bits per heavy atom. The molecule has 1 aromatic carbocycles. The van der Waals surface area contributed by atoms with Gasteiger partial charge in [0.15, 0.2) is 0 Å². The van der Waals surface area contributed by atoms with E-state index in [-0.39, 0.29) is 5.54 Å². The summed E-state index contributed by atoms with van der Waals surface area (Å²) in [4.78, 5) is 2.28. The van der Waals surface area contributed by atoms with Crippen molar-refractivity contribution in [1.82, 2.24) is 4.90 Å². The molecule has 0 aliphatic carbocycles. The summed E-state index contributed by atoms with van der Waals surface area (Å²) in [6, 6.07) is 7.56. The van der Waals surface area contributed by atoms with Crippen molar-refractivity contribution >= 4 is 11.6 Å². The average Bonchev–Trinajstić information content (AvgIpc) is 2.31. The first-order chi connectivity index (χ1) is 7.90. The van der Waals surface area contributed by atoms with Gasteiger partial charge in [-0.25, -0.2) is 0 Å². The third-order valence-corrected chi connectivity index (χ3v) is 3.84. The fourth-order valence-corrected chi connectivity index (χ4v) is 1.72. The van der Waals surface area contributed by atoms with Gasteiger partial charge < -0.3 is 0 Å². The number of nitrogens with zero attached hydrogens (tertiary/aromatic N) is 2. The van der Waals surface area contributed by atoms with Crippen LogP contribution in [0.5, 0.6) is 0 Å². The molecule has 3 heteroatoms. The third-order valence-electron chi connectivity index (χ3n) is 3.49. The summed E-state index contributed by atoms with van der Waals surface area (Å²) >= 11 is 6.17. The third kappa shape index (κ3) is 3.46. The molecule has 1 rings (SSSR count). The van der Waals surface area contributed by atoms with Crippen molar-refractivity contribution in [2.24, 2.45) is 0 Å². The molecule has 0 fully saturated rings.